The lowest BCUT2D eigenvalue weighted by atomic mass is 10.1. The molecule has 1 unspecified atom stereocenters. The Bertz CT molecular complexity index is 625. The number of benzene rings is 2. The number of methoxy groups -OCH3 is 1. The van der Waals surface area contributed by atoms with Crippen molar-refractivity contribution in [2.24, 2.45) is 0 Å². The van der Waals surface area contributed by atoms with Gasteiger partial charge in [-0.2, -0.15) is 0 Å². The largest absolute Gasteiger partial charge is 0.497 e. The molecule has 1 atom stereocenters. The van der Waals surface area contributed by atoms with Gasteiger partial charge in [0.25, 0.3) is 5.91 Å². The highest BCUT2D eigenvalue weighted by atomic mass is 16.5. The highest BCUT2D eigenvalue weighted by Crippen LogP contribution is 2.37. The quantitative estimate of drug-likeness (QED) is 0.896. The molecular formula is C15H13NO3. The van der Waals surface area contributed by atoms with Crippen LogP contribution in [-0.4, -0.2) is 18.1 Å². The number of aliphatic hydroxyl groups is 1. The molecule has 0 bridgehead atoms. The molecule has 96 valence electrons. The van der Waals surface area contributed by atoms with Crippen LogP contribution in [0.5, 0.6) is 5.75 Å². The van der Waals surface area contributed by atoms with Gasteiger partial charge in [0.1, 0.15) is 5.75 Å². The molecule has 3 rings (SSSR count). The highest BCUT2D eigenvalue weighted by Gasteiger charge is 2.36. The molecule has 0 fully saturated rings. The Morgan fingerprint density at radius 2 is 1.89 bits per heavy atom. The lowest BCUT2D eigenvalue weighted by Gasteiger charge is -2.20. The molecule has 0 spiro atoms. The fourth-order valence-corrected chi connectivity index (χ4v) is 2.30. The number of fused-ring (bicyclic) bond motifs is 1. The Morgan fingerprint density at radius 1 is 1.16 bits per heavy atom. The second-order valence-electron chi connectivity index (χ2n) is 4.34. The van der Waals surface area contributed by atoms with Crippen LogP contribution in [0.3, 0.4) is 0 Å². The Hall–Kier alpha value is -2.33. The first kappa shape index (κ1) is 11.7. The maximum absolute atomic E-state index is 12.3. The number of aliphatic hydroxyl groups excluding tert-OH is 1. The van der Waals surface area contributed by atoms with Crippen molar-refractivity contribution < 1.29 is 14.6 Å². The zero-order valence-electron chi connectivity index (χ0n) is 10.4. The third-order valence-electron chi connectivity index (χ3n) is 3.27. The van der Waals surface area contributed by atoms with Gasteiger partial charge in [0, 0.05) is 16.8 Å². The average molecular weight is 255 g/mol. The van der Waals surface area contributed by atoms with Crippen molar-refractivity contribution in [2.45, 2.75) is 6.23 Å². The van der Waals surface area contributed by atoms with Crippen LogP contribution in [0.15, 0.2) is 48.5 Å². The summed E-state index contributed by atoms with van der Waals surface area (Å²) in [5.41, 5.74) is 1.76. The summed E-state index contributed by atoms with van der Waals surface area (Å²) in [5, 5.41) is 10.3. The fourth-order valence-electron chi connectivity index (χ4n) is 2.30. The summed E-state index contributed by atoms with van der Waals surface area (Å²) < 4.78 is 5.12. The van der Waals surface area contributed by atoms with E-state index in [1.165, 1.54) is 4.90 Å². The van der Waals surface area contributed by atoms with E-state index in [4.69, 9.17) is 4.74 Å². The number of carbonyl (C=O) groups is 1. The van der Waals surface area contributed by atoms with Gasteiger partial charge in [-0.25, -0.2) is 0 Å². The summed E-state index contributed by atoms with van der Waals surface area (Å²) in [7, 11) is 1.56. The van der Waals surface area contributed by atoms with Crippen molar-refractivity contribution in [1.82, 2.24) is 0 Å². The van der Waals surface area contributed by atoms with Gasteiger partial charge in [0.15, 0.2) is 6.23 Å². The lowest BCUT2D eigenvalue weighted by molar-refractivity contribution is 0.0935. The normalized spacial score (nSPS) is 17.5. The molecule has 0 saturated carbocycles. The van der Waals surface area contributed by atoms with E-state index in [1.54, 1.807) is 37.4 Å². The molecule has 0 aliphatic carbocycles. The molecule has 1 amide bonds. The molecule has 0 saturated heterocycles. The van der Waals surface area contributed by atoms with Crippen molar-refractivity contribution in [1.29, 1.82) is 0 Å². The minimum atomic E-state index is -0.972. The van der Waals surface area contributed by atoms with Crippen molar-refractivity contribution in [3.05, 3.63) is 59.7 Å². The number of amides is 1. The minimum absolute atomic E-state index is 0.198. The molecule has 2 aromatic carbocycles. The van der Waals surface area contributed by atoms with Gasteiger partial charge < -0.3 is 9.84 Å². The van der Waals surface area contributed by atoms with Crippen LogP contribution in [0.2, 0.25) is 0 Å². The lowest BCUT2D eigenvalue weighted by Crippen LogP contribution is -2.27. The molecule has 4 heteroatoms. The molecular weight excluding hydrogens is 242 g/mol. The third-order valence-corrected chi connectivity index (χ3v) is 3.27. The monoisotopic (exact) mass is 255 g/mol. The van der Waals surface area contributed by atoms with E-state index >= 15 is 0 Å². The van der Waals surface area contributed by atoms with E-state index in [0.717, 1.165) is 0 Å². The van der Waals surface area contributed by atoms with Gasteiger partial charge >= 0.3 is 0 Å². The number of para-hydroxylation sites is 1. The van der Waals surface area contributed by atoms with E-state index < -0.39 is 6.23 Å². The van der Waals surface area contributed by atoms with Crippen molar-refractivity contribution in [2.75, 3.05) is 12.0 Å². The average Bonchev–Trinajstić information content (AvgIpc) is 2.71. The Balaban J connectivity index is 2.07. The van der Waals surface area contributed by atoms with E-state index in [9.17, 15) is 9.90 Å². The summed E-state index contributed by atoms with van der Waals surface area (Å²) in [6.45, 7) is 0. The van der Waals surface area contributed by atoms with Crippen LogP contribution < -0.4 is 9.64 Å². The van der Waals surface area contributed by atoms with Crippen molar-refractivity contribution in [3.8, 4) is 5.75 Å². The van der Waals surface area contributed by atoms with Gasteiger partial charge in [-0.1, -0.05) is 18.2 Å². The van der Waals surface area contributed by atoms with Crippen LogP contribution in [0, 0.1) is 0 Å². The van der Waals surface area contributed by atoms with E-state index in [-0.39, 0.29) is 5.91 Å². The number of hydrogen-bond acceptors (Lipinski definition) is 3. The highest BCUT2D eigenvalue weighted by molar-refractivity contribution is 6.10. The SMILES string of the molecule is COc1ccc2c(c1)C(O)N(c1ccccc1)C2=O. The van der Waals surface area contributed by atoms with Crippen molar-refractivity contribution in [3.63, 3.8) is 0 Å². The Labute approximate surface area is 110 Å². The van der Waals surface area contributed by atoms with Gasteiger partial charge in [0.2, 0.25) is 0 Å². The van der Waals surface area contributed by atoms with Crippen LogP contribution in [0.4, 0.5) is 5.69 Å². The van der Waals surface area contributed by atoms with E-state index in [1.807, 2.05) is 18.2 Å². The molecule has 1 heterocycles. The molecule has 1 aliphatic rings. The van der Waals surface area contributed by atoms with Gasteiger partial charge in [-0.05, 0) is 30.3 Å². The van der Waals surface area contributed by atoms with Gasteiger partial charge in [0.05, 0.1) is 7.11 Å². The summed E-state index contributed by atoms with van der Waals surface area (Å²) in [6, 6.07) is 14.2. The van der Waals surface area contributed by atoms with Crippen LogP contribution >= 0.6 is 0 Å². The molecule has 1 N–H and O–H groups in total. The maximum atomic E-state index is 12.3. The maximum Gasteiger partial charge on any atom is 0.261 e. The first-order valence-corrected chi connectivity index (χ1v) is 5.97. The number of ether oxygens (including phenoxy) is 1. The fraction of sp³-hybridized carbons (Fsp3) is 0.133. The van der Waals surface area contributed by atoms with E-state index in [2.05, 4.69) is 0 Å². The molecule has 0 aromatic heterocycles. The number of anilines is 1. The third kappa shape index (κ3) is 1.77. The number of nitrogens with zero attached hydrogens (tertiary/aromatic N) is 1. The number of hydrogen-bond donors (Lipinski definition) is 1. The first-order chi connectivity index (χ1) is 9.22. The van der Waals surface area contributed by atoms with Gasteiger partial charge in [-0.15, -0.1) is 0 Å². The molecule has 19 heavy (non-hydrogen) atoms. The summed E-state index contributed by atoms with van der Waals surface area (Å²) in [6.07, 6.45) is -0.972. The smallest absolute Gasteiger partial charge is 0.261 e. The predicted molar refractivity (Wildman–Crippen MR) is 71.2 cm³/mol. The topological polar surface area (TPSA) is 49.8 Å². The molecule has 2 aromatic rings. The number of carbonyl (C=O) groups excluding carboxylic acids is 1. The zero-order chi connectivity index (χ0) is 13.4. The Morgan fingerprint density at radius 3 is 2.58 bits per heavy atom. The predicted octanol–water partition coefficient (Wildman–Crippen LogP) is 2.35. The minimum Gasteiger partial charge on any atom is -0.497 e. The van der Waals surface area contributed by atoms with E-state index in [0.29, 0.717) is 22.6 Å². The van der Waals surface area contributed by atoms with Crippen molar-refractivity contribution >= 4 is 11.6 Å². The molecule has 4 nitrogen and oxygen atoms in total. The summed E-state index contributed by atoms with van der Waals surface area (Å²) in [5.74, 6) is 0.428. The van der Waals surface area contributed by atoms with Crippen LogP contribution in [0.1, 0.15) is 22.1 Å². The molecule has 0 radical (unpaired) electrons. The first-order valence-electron chi connectivity index (χ1n) is 5.97. The second kappa shape index (κ2) is 4.40. The summed E-state index contributed by atoms with van der Waals surface area (Å²) in [4.78, 5) is 13.7. The standard InChI is InChI=1S/C15H13NO3/c1-19-11-7-8-12-13(9-11)15(18)16(14(12)17)10-5-3-2-4-6-10/h2-9,15,18H,1H3. The van der Waals surface area contributed by atoms with Gasteiger partial charge in [-0.3, -0.25) is 9.69 Å². The Kier molecular flexibility index (Phi) is 2.72. The zero-order valence-corrected chi connectivity index (χ0v) is 10.4. The van der Waals surface area contributed by atoms with Crippen LogP contribution in [0.25, 0.3) is 0 Å². The second-order valence-corrected chi connectivity index (χ2v) is 4.34. The van der Waals surface area contributed by atoms with Crippen LogP contribution in [-0.2, 0) is 0 Å². The molecule has 1 aliphatic heterocycles. The summed E-state index contributed by atoms with van der Waals surface area (Å²) >= 11 is 0. The number of rotatable bonds is 2.